The van der Waals surface area contributed by atoms with Crippen LogP contribution in [0.25, 0.3) is 0 Å². The van der Waals surface area contributed by atoms with Crippen LogP contribution in [0, 0.1) is 5.92 Å². The molecule has 1 aliphatic heterocycles. The Balaban J connectivity index is 1.69. The van der Waals surface area contributed by atoms with Gasteiger partial charge in [0.2, 0.25) is 0 Å². The van der Waals surface area contributed by atoms with Crippen LogP contribution in [0.15, 0.2) is 0 Å². The van der Waals surface area contributed by atoms with E-state index in [0.29, 0.717) is 0 Å². The van der Waals surface area contributed by atoms with E-state index < -0.39 is 0 Å². The third-order valence-corrected chi connectivity index (χ3v) is 4.71. The van der Waals surface area contributed by atoms with Gasteiger partial charge in [0, 0.05) is 13.2 Å². The van der Waals surface area contributed by atoms with Crippen LogP contribution >= 0.6 is 0 Å². The van der Waals surface area contributed by atoms with Gasteiger partial charge in [0.05, 0.1) is 0 Å². The lowest BCUT2D eigenvalue weighted by atomic mass is 9.97. The Kier molecular flexibility index (Phi) is 13.4. The summed E-state index contributed by atoms with van der Waals surface area (Å²) in [6.07, 6.45) is 18.0. The molecule has 1 N–H and O–H groups in total. The minimum absolute atomic E-state index is 0.867. The molecule has 0 aliphatic carbocycles. The van der Waals surface area contributed by atoms with Crippen LogP contribution in [-0.2, 0) is 4.74 Å². The monoisotopic (exact) mass is 297 g/mol. The first-order valence-corrected chi connectivity index (χ1v) is 9.72. The Bertz CT molecular complexity index is 202. The maximum Gasteiger partial charge on any atom is 0.0469 e. The molecule has 1 saturated heterocycles. The summed E-state index contributed by atoms with van der Waals surface area (Å²) in [5.41, 5.74) is 0. The van der Waals surface area contributed by atoms with E-state index in [1.807, 2.05) is 0 Å². The Hall–Kier alpha value is -0.0800. The van der Waals surface area contributed by atoms with Crippen LogP contribution in [0.1, 0.15) is 90.4 Å². The number of piperidine rings is 1. The summed E-state index contributed by atoms with van der Waals surface area (Å²) in [6, 6.07) is 0. The molecule has 0 spiro atoms. The largest absolute Gasteiger partial charge is 0.381 e. The Labute approximate surface area is 133 Å². The molecule has 0 bridgehead atoms. The fourth-order valence-corrected chi connectivity index (χ4v) is 3.21. The molecule has 0 aromatic rings. The maximum absolute atomic E-state index is 5.78. The van der Waals surface area contributed by atoms with Gasteiger partial charge >= 0.3 is 0 Å². The van der Waals surface area contributed by atoms with Gasteiger partial charge < -0.3 is 10.1 Å². The molecule has 0 aromatic heterocycles. The predicted molar refractivity (Wildman–Crippen MR) is 92.9 cm³/mol. The zero-order valence-electron chi connectivity index (χ0n) is 14.5. The van der Waals surface area contributed by atoms with Crippen molar-refractivity contribution < 1.29 is 4.74 Å². The average Bonchev–Trinajstić information content (AvgIpc) is 2.53. The third kappa shape index (κ3) is 12.2. The Morgan fingerprint density at radius 3 is 2.14 bits per heavy atom. The van der Waals surface area contributed by atoms with Crippen LogP contribution in [0.3, 0.4) is 0 Å². The highest BCUT2D eigenvalue weighted by Crippen LogP contribution is 2.14. The minimum Gasteiger partial charge on any atom is -0.381 e. The molecule has 1 fully saturated rings. The molecule has 1 atom stereocenters. The number of ether oxygens (including phenoxy) is 1. The van der Waals surface area contributed by atoms with Crippen molar-refractivity contribution in [2.45, 2.75) is 90.4 Å². The second kappa shape index (κ2) is 14.8. The third-order valence-electron chi connectivity index (χ3n) is 4.71. The van der Waals surface area contributed by atoms with E-state index in [-0.39, 0.29) is 0 Å². The van der Waals surface area contributed by atoms with Gasteiger partial charge in [-0.1, -0.05) is 64.7 Å². The van der Waals surface area contributed by atoms with Gasteiger partial charge in [-0.2, -0.15) is 0 Å². The average molecular weight is 298 g/mol. The summed E-state index contributed by atoms with van der Waals surface area (Å²) >= 11 is 0. The second-order valence-electron chi connectivity index (χ2n) is 6.80. The van der Waals surface area contributed by atoms with Crippen LogP contribution in [-0.4, -0.2) is 26.3 Å². The van der Waals surface area contributed by atoms with E-state index >= 15 is 0 Å². The summed E-state index contributed by atoms with van der Waals surface area (Å²) in [7, 11) is 0. The highest BCUT2D eigenvalue weighted by Gasteiger charge is 2.11. The summed E-state index contributed by atoms with van der Waals surface area (Å²) < 4.78 is 5.78. The van der Waals surface area contributed by atoms with Gasteiger partial charge in [-0.05, 0) is 44.7 Å². The summed E-state index contributed by atoms with van der Waals surface area (Å²) in [5, 5.41) is 3.48. The topological polar surface area (TPSA) is 21.3 Å². The summed E-state index contributed by atoms with van der Waals surface area (Å²) in [6.45, 7) is 6.67. The lowest BCUT2D eigenvalue weighted by molar-refractivity contribution is 0.112. The molecular weight excluding hydrogens is 258 g/mol. The quantitative estimate of drug-likeness (QED) is 0.438. The van der Waals surface area contributed by atoms with E-state index in [0.717, 1.165) is 19.1 Å². The normalized spacial score (nSPS) is 19.0. The molecule has 126 valence electrons. The van der Waals surface area contributed by atoms with Gasteiger partial charge in [0.15, 0.2) is 0 Å². The van der Waals surface area contributed by atoms with Crippen LogP contribution in [0.4, 0.5) is 0 Å². The van der Waals surface area contributed by atoms with E-state index in [4.69, 9.17) is 4.74 Å². The number of unbranched alkanes of at least 4 members (excludes halogenated alkanes) is 9. The van der Waals surface area contributed by atoms with E-state index in [9.17, 15) is 0 Å². The molecule has 1 heterocycles. The fourth-order valence-electron chi connectivity index (χ4n) is 3.21. The molecule has 0 amide bonds. The molecule has 1 aliphatic rings. The Morgan fingerprint density at radius 2 is 1.52 bits per heavy atom. The molecule has 0 radical (unpaired) electrons. The fraction of sp³-hybridized carbons (Fsp3) is 1.00. The molecular formula is C19H39NO. The Morgan fingerprint density at radius 1 is 0.857 bits per heavy atom. The minimum atomic E-state index is 0.867. The second-order valence-corrected chi connectivity index (χ2v) is 6.80. The van der Waals surface area contributed by atoms with Crippen molar-refractivity contribution in [2.75, 3.05) is 26.3 Å². The van der Waals surface area contributed by atoms with Crippen molar-refractivity contribution in [1.29, 1.82) is 0 Å². The molecule has 0 saturated carbocycles. The highest BCUT2D eigenvalue weighted by atomic mass is 16.5. The lowest BCUT2D eigenvalue weighted by Crippen LogP contribution is -2.30. The zero-order valence-corrected chi connectivity index (χ0v) is 14.5. The summed E-state index contributed by atoms with van der Waals surface area (Å²) in [5.74, 6) is 0.867. The van der Waals surface area contributed by atoms with Crippen LogP contribution in [0.2, 0.25) is 0 Å². The molecule has 21 heavy (non-hydrogen) atoms. The molecule has 0 aromatic carbocycles. The van der Waals surface area contributed by atoms with Gasteiger partial charge in [-0.25, -0.2) is 0 Å². The number of hydrogen-bond acceptors (Lipinski definition) is 2. The summed E-state index contributed by atoms with van der Waals surface area (Å²) in [4.78, 5) is 0. The van der Waals surface area contributed by atoms with Crippen molar-refractivity contribution in [3.63, 3.8) is 0 Å². The molecule has 1 unspecified atom stereocenters. The first-order chi connectivity index (χ1) is 10.4. The van der Waals surface area contributed by atoms with E-state index in [1.165, 1.54) is 96.6 Å². The van der Waals surface area contributed by atoms with Gasteiger partial charge in [0.25, 0.3) is 0 Å². The highest BCUT2D eigenvalue weighted by molar-refractivity contribution is 4.68. The lowest BCUT2D eigenvalue weighted by Gasteiger charge is -2.22. The van der Waals surface area contributed by atoms with Crippen LogP contribution in [0.5, 0.6) is 0 Å². The van der Waals surface area contributed by atoms with Crippen molar-refractivity contribution in [1.82, 2.24) is 5.32 Å². The maximum atomic E-state index is 5.78. The first kappa shape index (κ1) is 19.0. The molecule has 2 nitrogen and oxygen atoms in total. The smallest absolute Gasteiger partial charge is 0.0469 e. The number of hydrogen-bond donors (Lipinski definition) is 1. The van der Waals surface area contributed by atoms with Crippen molar-refractivity contribution >= 4 is 0 Å². The van der Waals surface area contributed by atoms with Gasteiger partial charge in [0.1, 0.15) is 0 Å². The van der Waals surface area contributed by atoms with Crippen molar-refractivity contribution in [3.05, 3.63) is 0 Å². The number of nitrogens with one attached hydrogen (secondary N) is 1. The first-order valence-electron chi connectivity index (χ1n) is 9.72. The predicted octanol–water partition coefficient (Wildman–Crippen LogP) is 5.31. The van der Waals surface area contributed by atoms with E-state index in [1.54, 1.807) is 0 Å². The van der Waals surface area contributed by atoms with Crippen molar-refractivity contribution in [2.24, 2.45) is 5.92 Å². The van der Waals surface area contributed by atoms with Gasteiger partial charge in [-0.15, -0.1) is 0 Å². The SMILES string of the molecule is CCCCCCCCCCCCOCCC1CCCNC1. The van der Waals surface area contributed by atoms with Crippen molar-refractivity contribution in [3.8, 4) is 0 Å². The van der Waals surface area contributed by atoms with Crippen LogP contribution < -0.4 is 5.32 Å². The standard InChI is InChI=1S/C19H39NO/c1-2-3-4-5-6-7-8-9-10-11-16-21-17-14-19-13-12-15-20-18-19/h19-20H,2-18H2,1H3. The zero-order chi connectivity index (χ0) is 15.0. The molecule has 1 rings (SSSR count). The number of rotatable bonds is 14. The van der Waals surface area contributed by atoms with E-state index in [2.05, 4.69) is 12.2 Å². The molecule has 2 heteroatoms. The van der Waals surface area contributed by atoms with Gasteiger partial charge in [-0.3, -0.25) is 0 Å².